The fourth-order valence-corrected chi connectivity index (χ4v) is 2.58. The quantitative estimate of drug-likeness (QED) is 0.779. The van der Waals surface area contributed by atoms with Gasteiger partial charge in [-0.05, 0) is 35.4 Å². The first-order chi connectivity index (χ1) is 10.7. The van der Waals surface area contributed by atoms with E-state index >= 15 is 0 Å². The van der Waals surface area contributed by atoms with Gasteiger partial charge in [-0.2, -0.15) is 0 Å². The number of fused-ring (bicyclic) bond motifs is 1. The third-order valence-corrected chi connectivity index (χ3v) is 3.70. The maximum absolute atomic E-state index is 12.3. The molecule has 2 N–H and O–H groups in total. The van der Waals surface area contributed by atoms with Crippen LogP contribution in [0.3, 0.4) is 0 Å². The van der Waals surface area contributed by atoms with Crippen LogP contribution in [0.15, 0.2) is 65.6 Å². The minimum absolute atomic E-state index is 0.120. The van der Waals surface area contributed by atoms with Crippen LogP contribution < -0.4 is 10.9 Å². The molecule has 0 radical (unpaired) electrons. The zero-order valence-electron chi connectivity index (χ0n) is 12.2. The van der Waals surface area contributed by atoms with Crippen LogP contribution in [0.25, 0.3) is 10.8 Å². The fourth-order valence-electron chi connectivity index (χ4n) is 2.58. The summed E-state index contributed by atoms with van der Waals surface area (Å²) in [4.78, 5) is 26.4. The van der Waals surface area contributed by atoms with Gasteiger partial charge in [-0.15, -0.1) is 0 Å². The minimum atomic E-state index is -0.384. The average Bonchev–Trinajstić information content (AvgIpc) is 2.54. The van der Waals surface area contributed by atoms with E-state index in [1.807, 2.05) is 49.4 Å². The van der Waals surface area contributed by atoms with E-state index in [1.54, 1.807) is 6.07 Å². The maximum atomic E-state index is 12.3. The van der Waals surface area contributed by atoms with Crippen molar-refractivity contribution >= 4 is 16.7 Å². The Morgan fingerprint density at radius 3 is 2.64 bits per heavy atom. The Morgan fingerprint density at radius 2 is 1.82 bits per heavy atom. The number of aromatic amines is 1. The maximum Gasteiger partial charge on any atom is 0.260 e. The summed E-state index contributed by atoms with van der Waals surface area (Å²) in [7, 11) is 0. The lowest BCUT2D eigenvalue weighted by atomic mass is 9.99. The normalized spacial score (nSPS) is 12.0. The van der Waals surface area contributed by atoms with Gasteiger partial charge in [0.15, 0.2) is 0 Å². The van der Waals surface area contributed by atoms with Crippen molar-refractivity contribution in [1.82, 2.24) is 10.3 Å². The summed E-state index contributed by atoms with van der Waals surface area (Å²) >= 11 is 0. The highest BCUT2D eigenvalue weighted by atomic mass is 16.2. The Hall–Kier alpha value is -2.88. The number of pyridine rings is 1. The van der Waals surface area contributed by atoms with Crippen molar-refractivity contribution in [3.8, 4) is 0 Å². The first kappa shape index (κ1) is 14.1. The van der Waals surface area contributed by atoms with E-state index < -0.39 is 0 Å². The molecule has 2 aromatic carbocycles. The molecule has 22 heavy (non-hydrogen) atoms. The standard InChI is InChI=1S/C18H16N2O2/c1-12(20-18(22)16-10-5-11-19-17(16)21)14-9-4-7-13-6-2-3-8-15(13)14/h2-12H,1H3,(H,19,21)(H,20,22). The zero-order valence-corrected chi connectivity index (χ0v) is 12.2. The SMILES string of the molecule is CC(NC(=O)c1ccc[nH]c1=O)c1cccc2ccccc12. The lowest BCUT2D eigenvalue weighted by Crippen LogP contribution is -2.31. The van der Waals surface area contributed by atoms with Gasteiger partial charge < -0.3 is 10.3 Å². The molecule has 1 amide bonds. The topological polar surface area (TPSA) is 62.0 Å². The molecule has 1 unspecified atom stereocenters. The van der Waals surface area contributed by atoms with Gasteiger partial charge in [-0.3, -0.25) is 9.59 Å². The predicted molar refractivity (Wildman–Crippen MR) is 86.9 cm³/mol. The molecule has 110 valence electrons. The van der Waals surface area contributed by atoms with Crippen LogP contribution in [0.1, 0.15) is 28.9 Å². The summed E-state index contributed by atoms with van der Waals surface area (Å²) < 4.78 is 0. The van der Waals surface area contributed by atoms with E-state index in [9.17, 15) is 9.59 Å². The number of H-pyrrole nitrogens is 1. The lowest BCUT2D eigenvalue weighted by molar-refractivity contribution is 0.0938. The number of amides is 1. The lowest BCUT2D eigenvalue weighted by Gasteiger charge is -2.16. The molecular formula is C18H16N2O2. The van der Waals surface area contributed by atoms with E-state index in [1.165, 1.54) is 12.3 Å². The number of benzene rings is 2. The van der Waals surface area contributed by atoms with E-state index in [4.69, 9.17) is 0 Å². The van der Waals surface area contributed by atoms with Crippen LogP contribution in [-0.2, 0) is 0 Å². The molecule has 3 aromatic rings. The highest BCUT2D eigenvalue weighted by molar-refractivity contribution is 5.94. The van der Waals surface area contributed by atoms with Gasteiger partial charge in [-0.25, -0.2) is 0 Å². The monoisotopic (exact) mass is 292 g/mol. The summed E-state index contributed by atoms with van der Waals surface area (Å²) in [5, 5.41) is 5.11. The van der Waals surface area contributed by atoms with Crippen LogP contribution in [0.4, 0.5) is 0 Å². The van der Waals surface area contributed by atoms with Crippen LogP contribution in [0.5, 0.6) is 0 Å². The minimum Gasteiger partial charge on any atom is -0.345 e. The van der Waals surface area contributed by atoms with Crippen molar-refractivity contribution in [2.45, 2.75) is 13.0 Å². The Kier molecular flexibility index (Phi) is 3.74. The van der Waals surface area contributed by atoms with Crippen molar-refractivity contribution in [3.63, 3.8) is 0 Å². The molecule has 0 aliphatic carbocycles. The second-order valence-electron chi connectivity index (χ2n) is 5.18. The molecule has 0 fully saturated rings. The molecule has 0 spiro atoms. The molecule has 1 aromatic heterocycles. The van der Waals surface area contributed by atoms with Gasteiger partial charge in [0.05, 0.1) is 6.04 Å². The Morgan fingerprint density at radius 1 is 1.05 bits per heavy atom. The summed E-state index contributed by atoms with van der Waals surface area (Å²) in [6.07, 6.45) is 1.51. The van der Waals surface area contributed by atoms with Crippen molar-refractivity contribution in [1.29, 1.82) is 0 Å². The Labute approximate surface area is 127 Å². The number of carbonyl (C=O) groups excluding carboxylic acids is 1. The summed E-state index contributed by atoms with van der Waals surface area (Å²) in [5.41, 5.74) is 0.763. The first-order valence-corrected chi connectivity index (χ1v) is 7.13. The van der Waals surface area contributed by atoms with Crippen LogP contribution in [0, 0.1) is 0 Å². The van der Waals surface area contributed by atoms with Gasteiger partial charge in [0.25, 0.3) is 11.5 Å². The third kappa shape index (κ3) is 2.63. The second kappa shape index (κ2) is 5.85. The van der Waals surface area contributed by atoms with E-state index in [2.05, 4.69) is 10.3 Å². The van der Waals surface area contributed by atoms with E-state index in [0.717, 1.165) is 16.3 Å². The average molecular weight is 292 g/mol. The van der Waals surface area contributed by atoms with Crippen LogP contribution >= 0.6 is 0 Å². The molecule has 1 atom stereocenters. The van der Waals surface area contributed by atoms with Crippen LogP contribution in [-0.4, -0.2) is 10.9 Å². The molecule has 1 heterocycles. The molecule has 4 nitrogen and oxygen atoms in total. The highest BCUT2D eigenvalue weighted by Gasteiger charge is 2.15. The van der Waals surface area contributed by atoms with Gasteiger partial charge in [-0.1, -0.05) is 42.5 Å². The number of rotatable bonds is 3. The highest BCUT2D eigenvalue weighted by Crippen LogP contribution is 2.24. The van der Waals surface area contributed by atoms with Crippen molar-refractivity contribution in [2.24, 2.45) is 0 Å². The van der Waals surface area contributed by atoms with Gasteiger partial charge in [0.1, 0.15) is 5.56 Å². The second-order valence-corrected chi connectivity index (χ2v) is 5.18. The summed E-state index contributed by atoms with van der Waals surface area (Å²) in [6.45, 7) is 1.91. The number of aromatic nitrogens is 1. The molecule has 3 rings (SSSR count). The summed E-state index contributed by atoms with van der Waals surface area (Å²) in [5.74, 6) is -0.373. The largest absolute Gasteiger partial charge is 0.345 e. The number of carbonyl (C=O) groups is 1. The zero-order chi connectivity index (χ0) is 15.5. The Balaban J connectivity index is 1.91. The van der Waals surface area contributed by atoms with E-state index in [0.29, 0.717) is 0 Å². The molecule has 0 aliphatic heterocycles. The molecule has 4 heteroatoms. The molecular weight excluding hydrogens is 276 g/mol. The van der Waals surface area contributed by atoms with Gasteiger partial charge in [0, 0.05) is 6.20 Å². The Bertz CT molecular complexity index is 878. The van der Waals surface area contributed by atoms with Gasteiger partial charge >= 0.3 is 0 Å². The predicted octanol–water partition coefficient (Wildman–Crippen LogP) is 3.02. The summed E-state index contributed by atoms with van der Waals surface area (Å²) in [6, 6.07) is 17.0. The number of hydrogen-bond acceptors (Lipinski definition) is 2. The van der Waals surface area contributed by atoms with Crippen molar-refractivity contribution < 1.29 is 4.79 Å². The molecule has 0 bridgehead atoms. The smallest absolute Gasteiger partial charge is 0.260 e. The van der Waals surface area contributed by atoms with Crippen LogP contribution in [0.2, 0.25) is 0 Å². The fraction of sp³-hybridized carbons (Fsp3) is 0.111. The number of hydrogen-bond donors (Lipinski definition) is 2. The van der Waals surface area contributed by atoms with E-state index in [-0.39, 0.29) is 23.1 Å². The molecule has 0 aliphatic rings. The number of nitrogens with one attached hydrogen (secondary N) is 2. The molecule has 0 saturated carbocycles. The van der Waals surface area contributed by atoms with Crippen molar-refractivity contribution in [3.05, 3.63) is 82.3 Å². The van der Waals surface area contributed by atoms with Crippen molar-refractivity contribution in [2.75, 3.05) is 0 Å². The first-order valence-electron chi connectivity index (χ1n) is 7.13. The van der Waals surface area contributed by atoms with Gasteiger partial charge in [0.2, 0.25) is 0 Å². The molecule has 0 saturated heterocycles. The third-order valence-electron chi connectivity index (χ3n) is 3.70.